The number of hydrogen-bond acceptors (Lipinski definition) is 3. The minimum atomic E-state index is 0.0906. The van der Waals surface area contributed by atoms with E-state index in [4.69, 9.17) is 5.73 Å². The van der Waals surface area contributed by atoms with E-state index in [0.717, 1.165) is 12.5 Å². The van der Waals surface area contributed by atoms with Crippen LogP contribution in [0.3, 0.4) is 0 Å². The maximum Gasteiger partial charge on any atom is 0.0285 e. The molecule has 1 aliphatic heterocycles. The van der Waals surface area contributed by atoms with Gasteiger partial charge in [-0.15, -0.1) is 0 Å². The van der Waals surface area contributed by atoms with E-state index in [-0.39, 0.29) is 5.54 Å². The summed E-state index contributed by atoms with van der Waals surface area (Å²) in [6.07, 6.45) is 5.13. The Morgan fingerprint density at radius 2 is 2.06 bits per heavy atom. The molecule has 0 aromatic carbocycles. The lowest BCUT2D eigenvalue weighted by molar-refractivity contribution is 0.0716. The molecule has 0 aromatic heterocycles. The van der Waals surface area contributed by atoms with Gasteiger partial charge in [-0.3, -0.25) is 4.90 Å². The van der Waals surface area contributed by atoms with Gasteiger partial charge in [0.25, 0.3) is 0 Å². The first-order valence-corrected chi connectivity index (χ1v) is 7.20. The van der Waals surface area contributed by atoms with E-state index in [0.29, 0.717) is 6.04 Å². The summed E-state index contributed by atoms with van der Waals surface area (Å²) >= 11 is 0. The second-order valence-electron chi connectivity index (χ2n) is 6.63. The Kier molecular flexibility index (Phi) is 4.11. The summed E-state index contributed by atoms with van der Waals surface area (Å²) in [6.45, 7) is 9.34. The molecule has 2 fully saturated rings. The van der Waals surface area contributed by atoms with Gasteiger partial charge >= 0.3 is 0 Å². The summed E-state index contributed by atoms with van der Waals surface area (Å²) < 4.78 is 0. The van der Waals surface area contributed by atoms with Crippen molar-refractivity contribution >= 4 is 0 Å². The Balaban J connectivity index is 1.87. The number of hydrogen-bond donors (Lipinski definition) is 1. The molecule has 0 aromatic rings. The first kappa shape index (κ1) is 13.3. The van der Waals surface area contributed by atoms with Gasteiger partial charge in [0.2, 0.25) is 0 Å². The fourth-order valence-electron chi connectivity index (χ4n) is 3.56. The van der Waals surface area contributed by atoms with Gasteiger partial charge in [-0.05, 0) is 32.7 Å². The third kappa shape index (κ3) is 3.43. The van der Waals surface area contributed by atoms with Crippen LogP contribution in [0.2, 0.25) is 0 Å². The minimum Gasteiger partial charge on any atom is -0.324 e. The molecule has 17 heavy (non-hydrogen) atoms. The highest BCUT2D eigenvalue weighted by Gasteiger charge is 2.34. The van der Waals surface area contributed by atoms with E-state index in [1.54, 1.807) is 0 Å². The molecular weight excluding hydrogens is 210 g/mol. The first-order valence-electron chi connectivity index (χ1n) is 7.20. The predicted octanol–water partition coefficient (Wildman–Crippen LogP) is 1.53. The summed E-state index contributed by atoms with van der Waals surface area (Å²) in [5, 5.41) is 0. The number of likely N-dealkylation sites (N-methyl/N-ethyl adjacent to an activating group) is 1. The zero-order valence-electron chi connectivity index (χ0n) is 11.8. The quantitative estimate of drug-likeness (QED) is 0.793. The van der Waals surface area contributed by atoms with Crippen molar-refractivity contribution < 1.29 is 0 Å². The van der Waals surface area contributed by atoms with Crippen molar-refractivity contribution in [3.63, 3.8) is 0 Å². The number of nitrogens with two attached hydrogens (primary N) is 1. The largest absolute Gasteiger partial charge is 0.324 e. The van der Waals surface area contributed by atoms with Crippen molar-refractivity contribution in [2.24, 2.45) is 11.7 Å². The van der Waals surface area contributed by atoms with Crippen LogP contribution in [0.5, 0.6) is 0 Å². The Hall–Kier alpha value is -0.120. The third-order valence-corrected chi connectivity index (χ3v) is 4.71. The van der Waals surface area contributed by atoms with Crippen molar-refractivity contribution in [3.8, 4) is 0 Å². The summed E-state index contributed by atoms with van der Waals surface area (Å²) in [4.78, 5) is 5.03. The Labute approximate surface area is 106 Å². The Bertz CT molecular complexity index is 256. The van der Waals surface area contributed by atoms with E-state index in [2.05, 4.69) is 30.7 Å². The van der Waals surface area contributed by atoms with Crippen LogP contribution in [0.4, 0.5) is 0 Å². The zero-order chi connectivity index (χ0) is 12.5. The van der Waals surface area contributed by atoms with Gasteiger partial charge in [0, 0.05) is 37.8 Å². The van der Waals surface area contributed by atoms with Crippen LogP contribution >= 0.6 is 0 Å². The highest BCUT2D eigenvalue weighted by atomic mass is 15.3. The van der Waals surface area contributed by atoms with Gasteiger partial charge in [0.15, 0.2) is 0 Å². The lowest BCUT2D eigenvalue weighted by Crippen LogP contribution is -2.58. The van der Waals surface area contributed by atoms with E-state index < -0.39 is 0 Å². The van der Waals surface area contributed by atoms with Gasteiger partial charge in [-0.2, -0.15) is 0 Å². The van der Waals surface area contributed by atoms with Gasteiger partial charge in [-0.1, -0.05) is 19.8 Å². The zero-order valence-corrected chi connectivity index (χ0v) is 11.8. The standard InChI is InChI=1S/C14H29N3/c1-12-5-4-6-14(15,9-12)11-17-8-7-16(3)13(2)10-17/h12-13H,4-11,15H2,1-3H3. The molecule has 100 valence electrons. The maximum atomic E-state index is 6.61. The average Bonchev–Trinajstić information content (AvgIpc) is 2.22. The van der Waals surface area contributed by atoms with E-state index in [1.165, 1.54) is 45.3 Å². The summed E-state index contributed by atoms with van der Waals surface area (Å²) in [5.74, 6) is 0.818. The van der Waals surface area contributed by atoms with Gasteiger partial charge in [-0.25, -0.2) is 0 Å². The maximum absolute atomic E-state index is 6.61. The lowest BCUT2D eigenvalue weighted by Gasteiger charge is -2.44. The molecule has 3 unspecified atom stereocenters. The molecule has 2 rings (SSSR count). The second kappa shape index (κ2) is 5.25. The van der Waals surface area contributed by atoms with Gasteiger partial charge < -0.3 is 10.6 Å². The van der Waals surface area contributed by atoms with Crippen LogP contribution in [0.1, 0.15) is 39.5 Å². The second-order valence-corrected chi connectivity index (χ2v) is 6.63. The van der Waals surface area contributed by atoms with Gasteiger partial charge in [0.1, 0.15) is 0 Å². The number of piperazine rings is 1. The Morgan fingerprint density at radius 3 is 2.71 bits per heavy atom. The molecule has 0 bridgehead atoms. The number of nitrogens with zero attached hydrogens (tertiary/aromatic N) is 2. The van der Waals surface area contributed by atoms with Crippen molar-refractivity contribution in [1.29, 1.82) is 0 Å². The topological polar surface area (TPSA) is 32.5 Å². The van der Waals surface area contributed by atoms with E-state index >= 15 is 0 Å². The van der Waals surface area contributed by atoms with Crippen molar-refractivity contribution in [2.45, 2.75) is 51.1 Å². The molecule has 0 amide bonds. The van der Waals surface area contributed by atoms with Crippen molar-refractivity contribution in [1.82, 2.24) is 9.80 Å². The molecule has 0 radical (unpaired) electrons. The SMILES string of the molecule is CC1CCCC(N)(CN2CCN(C)C(C)C2)C1. The molecule has 1 saturated carbocycles. The molecule has 1 aliphatic carbocycles. The lowest BCUT2D eigenvalue weighted by atomic mass is 9.76. The molecule has 0 spiro atoms. The fourth-order valence-corrected chi connectivity index (χ4v) is 3.56. The molecule has 1 saturated heterocycles. The molecule has 1 heterocycles. The smallest absolute Gasteiger partial charge is 0.0285 e. The average molecular weight is 239 g/mol. The summed E-state index contributed by atoms with van der Waals surface area (Å²) in [7, 11) is 2.23. The summed E-state index contributed by atoms with van der Waals surface area (Å²) in [6, 6.07) is 0.674. The molecule has 3 heteroatoms. The third-order valence-electron chi connectivity index (χ3n) is 4.71. The first-order chi connectivity index (χ1) is 7.98. The monoisotopic (exact) mass is 239 g/mol. The molecule has 2 aliphatic rings. The van der Waals surface area contributed by atoms with Crippen LogP contribution in [0, 0.1) is 5.92 Å². The molecular formula is C14H29N3. The molecule has 3 atom stereocenters. The van der Waals surface area contributed by atoms with Crippen LogP contribution < -0.4 is 5.73 Å². The van der Waals surface area contributed by atoms with Crippen LogP contribution in [0.15, 0.2) is 0 Å². The van der Waals surface area contributed by atoms with Gasteiger partial charge in [0.05, 0.1) is 0 Å². The fraction of sp³-hybridized carbons (Fsp3) is 1.00. The normalized spacial score (nSPS) is 41.6. The Morgan fingerprint density at radius 1 is 1.29 bits per heavy atom. The van der Waals surface area contributed by atoms with E-state index in [1.807, 2.05) is 0 Å². The molecule has 3 nitrogen and oxygen atoms in total. The van der Waals surface area contributed by atoms with Crippen molar-refractivity contribution in [2.75, 3.05) is 33.2 Å². The summed E-state index contributed by atoms with van der Waals surface area (Å²) in [5.41, 5.74) is 6.70. The van der Waals surface area contributed by atoms with Crippen LogP contribution in [0.25, 0.3) is 0 Å². The predicted molar refractivity (Wildman–Crippen MR) is 73.1 cm³/mol. The van der Waals surface area contributed by atoms with Crippen molar-refractivity contribution in [3.05, 3.63) is 0 Å². The minimum absolute atomic E-state index is 0.0906. The van der Waals surface area contributed by atoms with E-state index in [9.17, 15) is 0 Å². The number of rotatable bonds is 2. The highest BCUT2D eigenvalue weighted by molar-refractivity contribution is 4.93. The van der Waals surface area contributed by atoms with Crippen LogP contribution in [-0.4, -0.2) is 54.6 Å². The van der Waals surface area contributed by atoms with Crippen LogP contribution in [-0.2, 0) is 0 Å². The molecule has 2 N–H and O–H groups in total. The highest BCUT2D eigenvalue weighted by Crippen LogP contribution is 2.31.